The molecule has 0 aromatic heterocycles. The summed E-state index contributed by atoms with van der Waals surface area (Å²) in [7, 11) is -3.84. The lowest BCUT2D eigenvalue weighted by atomic mass is 9.95. The van der Waals surface area contributed by atoms with Gasteiger partial charge in [-0.25, -0.2) is 30.7 Å². The normalized spacial score (nSPS) is 24.8. The molecule has 0 aliphatic carbocycles. The molecular weight excluding hydrogens is 476 g/mol. The number of hydrogen-bond acceptors (Lipinski definition) is 4. The zero-order valence-electron chi connectivity index (χ0n) is 18.3. The van der Waals surface area contributed by atoms with Crippen LogP contribution in [0.25, 0.3) is 11.1 Å². The number of likely N-dealkylation sites (tertiary alicyclic amines) is 1. The first kappa shape index (κ1) is 24.6. The zero-order valence-corrected chi connectivity index (χ0v) is 19.1. The topological polar surface area (TPSA) is 75.7 Å². The highest BCUT2D eigenvalue weighted by Gasteiger charge is 2.48. The van der Waals surface area contributed by atoms with Crippen LogP contribution in [-0.4, -0.2) is 62.5 Å². The lowest BCUT2D eigenvalue weighted by molar-refractivity contribution is -0.157. The van der Waals surface area contributed by atoms with E-state index in [0.29, 0.717) is 13.0 Å². The summed E-state index contributed by atoms with van der Waals surface area (Å²) in [5.41, 5.74) is -0.475. The Hall–Kier alpha value is -2.50. The van der Waals surface area contributed by atoms with Gasteiger partial charge in [-0.2, -0.15) is 0 Å². The second-order valence-corrected chi connectivity index (χ2v) is 10.4. The molecule has 2 aromatic rings. The predicted molar refractivity (Wildman–Crippen MR) is 117 cm³/mol. The van der Waals surface area contributed by atoms with Crippen LogP contribution >= 0.6 is 0 Å². The number of ether oxygens (including phenoxy) is 1. The number of nitrogens with one attached hydrogen (secondary N) is 1. The fraction of sp³-hybridized carbons (Fsp3) is 0.435. The molecule has 4 rings (SSSR count). The minimum Gasteiger partial charge on any atom is -0.368 e. The van der Waals surface area contributed by atoms with Gasteiger partial charge in [0.2, 0.25) is 10.0 Å². The summed E-state index contributed by atoms with van der Waals surface area (Å²) in [5, 5.41) is 0. The highest BCUT2D eigenvalue weighted by atomic mass is 32.2. The number of amides is 1. The summed E-state index contributed by atoms with van der Waals surface area (Å²) in [5.74, 6) is -4.00. The molecule has 2 saturated heterocycles. The summed E-state index contributed by atoms with van der Waals surface area (Å²) in [6.07, 6.45) is -2.27. The first-order valence-electron chi connectivity index (χ1n) is 10.9. The number of carbonyl (C=O) groups is 1. The molecule has 2 fully saturated rings. The van der Waals surface area contributed by atoms with Gasteiger partial charge in [0, 0.05) is 17.5 Å². The van der Waals surface area contributed by atoms with E-state index in [1.165, 1.54) is 42.2 Å². The molecule has 11 heteroatoms. The molecule has 0 bridgehead atoms. The van der Waals surface area contributed by atoms with Gasteiger partial charge in [-0.3, -0.25) is 4.79 Å². The van der Waals surface area contributed by atoms with Crippen molar-refractivity contribution in [2.75, 3.05) is 18.9 Å². The van der Waals surface area contributed by atoms with Gasteiger partial charge >= 0.3 is 0 Å². The zero-order chi connectivity index (χ0) is 24.6. The molecule has 4 atom stereocenters. The summed E-state index contributed by atoms with van der Waals surface area (Å²) >= 11 is 0. The number of halogens is 4. The lowest BCUT2D eigenvalue weighted by Gasteiger charge is -2.34. The number of rotatable bonds is 7. The minimum absolute atomic E-state index is 0.00767. The third-order valence-electron chi connectivity index (χ3n) is 6.28. The first-order valence-corrected chi connectivity index (χ1v) is 12.6. The van der Waals surface area contributed by atoms with Gasteiger partial charge in [0.1, 0.15) is 18.1 Å². The van der Waals surface area contributed by atoms with Crippen LogP contribution in [-0.2, 0) is 26.0 Å². The lowest BCUT2D eigenvalue weighted by Crippen LogP contribution is -2.53. The third-order valence-corrected chi connectivity index (χ3v) is 7.67. The Kier molecular flexibility index (Phi) is 6.97. The summed E-state index contributed by atoms with van der Waals surface area (Å²) < 4.78 is 90.4. The molecule has 0 radical (unpaired) electrons. The molecule has 0 saturated carbocycles. The van der Waals surface area contributed by atoms with Crippen molar-refractivity contribution in [3.63, 3.8) is 0 Å². The van der Waals surface area contributed by atoms with E-state index in [9.17, 15) is 26.4 Å². The maximum absolute atomic E-state index is 15.5. The van der Waals surface area contributed by atoms with Crippen LogP contribution in [0, 0.1) is 17.5 Å². The molecule has 2 heterocycles. The van der Waals surface area contributed by atoms with Gasteiger partial charge in [-0.05, 0) is 25.0 Å². The minimum atomic E-state index is -3.84. The van der Waals surface area contributed by atoms with Crippen molar-refractivity contribution in [2.24, 2.45) is 0 Å². The van der Waals surface area contributed by atoms with Gasteiger partial charge in [-0.1, -0.05) is 30.3 Å². The molecule has 2 aliphatic heterocycles. The van der Waals surface area contributed by atoms with Gasteiger partial charge < -0.3 is 9.64 Å². The Labute approximate surface area is 194 Å². The molecule has 1 N–H and O–H groups in total. The summed E-state index contributed by atoms with van der Waals surface area (Å²) in [6.45, 7) is 1.40. The van der Waals surface area contributed by atoms with E-state index in [2.05, 4.69) is 4.72 Å². The maximum atomic E-state index is 15.5. The largest absolute Gasteiger partial charge is 0.368 e. The van der Waals surface area contributed by atoms with Crippen LogP contribution in [0.2, 0.25) is 0 Å². The van der Waals surface area contributed by atoms with Gasteiger partial charge in [0.05, 0.1) is 31.0 Å². The van der Waals surface area contributed by atoms with Crippen molar-refractivity contribution >= 4 is 15.9 Å². The van der Waals surface area contributed by atoms with Crippen LogP contribution < -0.4 is 4.72 Å². The molecule has 0 spiro atoms. The number of hydrogen-bond donors (Lipinski definition) is 1. The van der Waals surface area contributed by atoms with Crippen molar-refractivity contribution < 1.29 is 35.5 Å². The average Bonchev–Trinajstić information content (AvgIpc) is 3.05. The second kappa shape index (κ2) is 9.63. The monoisotopic (exact) mass is 500 g/mol. The number of carbonyl (C=O) groups excluding carboxylic acids is 1. The van der Waals surface area contributed by atoms with Crippen LogP contribution in [0.3, 0.4) is 0 Å². The van der Waals surface area contributed by atoms with Crippen LogP contribution in [0.4, 0.5) is 17.6 Å². The van der Waals surface area contributed by atoms with E-state index in [1.807, 2.05) is 0 Å². The van der Waals surface area contributed by atoms with Crippen LogP contribution in [0.15, 0.2) is 36.4 Å². The number of nitrogens with zero attached hydrogens (tertiary/aromatic N) is 1. The second-order valence-electron chi connectivity index (χ2n) is 8.35. The number of sulfonamides is 1. The van der Waals surface area contributed by atoms with Crippen molar-refractivity contribution in [2.45, 2.75) is 44.1 Å². The highest BCUT2D eigenvalue weighted by Crippen LogP contribution is 2.32. The van der Waals surface area contributed by atoms with Gasteiger partial charge in [0.15, 0.2) is 11.6 Å². The van der Waals surface area contributed by atoms with Crippen LogP contribution in [0.1, 0.15) is 18.9 Å². The van der Waals surface area contributed by atoms with Crippen LogP contribution in [0.5, 0.6) is 0 Å². The van der Waals surface area contributed by atoms with E-state index in [0.717, 1.165) is 6.07 Å². The van der Waals surface area contributed by atoms with E-state index >= 15 is 4.39 Å². The number of benzene rings is 2. The molecule has 2 aliphatic rings. The number of alkyl halides is 1. The van der Waals surface area contributed by atoms with Crippen molar-refractivity contribution in [3.8, 4) is 11.1 Å². The fourth-order valence-corrected chi connectivity index (χ4v) is 5.19. The first-order chi connectivity index (χ1) is 16.1. The van der Waals surface area contributed by atoms with Gasteiger partial charge in [-0.15, -0.1) is 0 Å². The van der Waals surface area contributed by atoms with E-state index in [4.69, 9.17) is 4.74 Å². The molecule has 184 valence electrons. The molecule has 34 heavy (non-hydrogen) atoms. The van der Waals surface area contributed by atoms with E-state index in [-0.39, 0.29) is 35.4 Å². The molecule has 6 nitrogen and oxygen atoms in total. The molecule has 2 aromatic carbocycles. The Balaban J connectivity index is 1.70. The Morgan fingerprint density at radius 1 is 1.12 bits per heavy atom. The summed E-state index contributed by atoms with van der Waals surface area (Å²) in [6, 6.07) is 5.15. The average molecular weight is 501 g/mol. The maximum Gasteiger partial charge on any atom is 0.252 e. The Morgan fingerprint density at radius 2 is 1.76 bits per heavy atom. The third kappa shape index (κ3) is 4.69. The standard InChI is InChI=1S/C23H24F4N2O4S/c1-2-34(31,32)28-22-17(25)12-29(23(30)19-9-10-33-19)18(22)11-13-5-3-6-14(20(13)26)15-7-4-8-16(24)21(15)27/h3-8,17-19,22,28H,2,9-12H2,1H3/t17-,18-,19?,22-/m0/s1. The molecule has 1 amide bonds. The summed E-state index contributed by atoms with van der Waals surface area (Å²) in [4.78, 5) is 14.1. The fourth-order valence-electron chi connectivity index (χ4n) is 4.30. The van der Waals surface area contributed by atoms with Gasteiger partial charge in [0.25, 0.3) is 5.91 Å². The quantitative estimate of drug-likeness (QED) is 0.594. The van der Waals surface area contributed by atoms with Crippen molar-refractivity contribution in [3.05, 3.63) is 59.4 Å². The van der Waals surface area contributed by atoms with E-state index < -0.39 is 57.7 Å². The predicted octanol–water partition coefficient (Wildman–Crippen LogP) is 2.96. The van der Waals surface area contributed by atoms with E-state index in [1.54, 1.807) is 0 Å². The highest BCUT2D eigenvalue weighted by molar-refractivity contribution is 7.89. The Morgan fingerprint density at radius 3 is 2.38 bits per heavy atom. The smallest absolute Gasteiger partial charge is 0.252 e. The molecular formula is C23H24F4N2O4S. The van der Waals surface area contributed by atoms with Crippen molar-refractivity contribution in [1.82, 2.24) is 9.62 Å². The molecule has 1 unspecified atom stereocenters. The Bertz CT molecular complexity index is 1190. The van der Waals surface area contributed by atoms with Crippen molar-refractivity contribution in [1.29, 1.82) is 0 Å². The SMILES string of the molecule is CCS(=O)(=O)N[C@H]1[C@@H](F)CN(C(=O)C2CCO2)[C@H]1Cc1cccc(-c2cccc(F)c2F)c1F.